The fourth-order valence-electron chi connectivity index (χ4n) is 2.72. The summed E-state index contributed by atoms with van der Waals surface area (Å²) in [5, 5.41) is 7.01. The van der Waals surface area contributed by atoms with Crippen molar-refractivity contribution < 1.29 is 0 Å². The molecule has 19 heavy (non-hydrogen) atoms. The van der Waals surface area contributed by atoms with Crippen LogP contribution in [0.4, 0.5) is 11.6 Å². The van der Waals surface area contributed by atoms with Crippen molar-refractivity contribution in [2.75, 3.05) is 17.2 Å². The van der Waals surface area contributed by atoms with Crippen LogP contribution in [0, 0.1) is 19.8 Å². The summed E-state index contributed by atoms with van der Waals surface area (Å²) in [6, 6.07) is 0.562. The molecule has 106 valence electrons. The molecule has 0 aromatic carbocycles. The second kappa shape index (κ2) is 6.22. The molecule has 0 bridgehead atoms. The summed E-state index contributed by atoms with van der Waals surface area (Å²) in [6.45, 7) is 9.50. The Morgan fingerprint density at radius 1 is 1.16 bits per heavy atom. The lowest BCUT2D eigenvalue weighted by Gasteiger charge is -2.20. The van der Waals surface area contributed by atoms with E-state index in [-0.39, 0.29) is 0 Å². The highest BCUT2D eigenvalue weighted by atomic mass is 15.1. The van der Waals surface area contributed by atoms with Gasteiger partial charge in [-0.05, 0) is 39.0 Å². The molecule has 1 saturated carbocycles. The van der Waals surface area contributed by atoms with E-state index in [2.05, 4.69) is 41.4 Å². The van der Waals surface area contributed by atoms with Gasteiger partial charge >= 0.3 is 0 Å². The maximum absolute atomic E-state index is 4.58. The predicted octanol–water partition coefficient (Wildman–Crippen LogP) is 3.52. The van der Waals surface area contributed by atoms with Gasteiger partial charge in [0.1, 0.15) is 17.5 Å². The van der Waals surface area contributed by atoms with E-state index in [1.54, 1.807) is 0 Å². The second-order valence-electron chi connectivity index (χ2n) is 5.68. The second-order valence-corrected chi connectivity index (χ2v) is 5.68. The Morgan fingerprint density at radius 3 is 2.53 bits per heavy atom. The van der Waals surface area contributed by atoms with Crippen LogP contribution >= 0.6 is 0 Å². The van der Waals surface area contributed by atoms with Crippen LogP contribution in [-0.2, 0) is 0 Å². The van der Waals surface area contributed by atoms with Gasteiger partial charge in [-0.2, -0.15) is 0 Å². The average Bonchev–Trinajstić information content (AvgIpc) is 2.77. The summed E-state index contributed by atoms with van der Waals surface area (Å²) in [5.74, 6) is 3.55. The summed E-state index contributed by atoms with van der Waals surface area (Å²) >= 11 is 0. The van der Waals surface area contributed by atoms with Gasteiger partial charge in [0.05, 0.1) is 0 Å². The maximum Gasteiger partial charge on any atom is 0.134 e. The fraction of sp³-hybridized carbons (Fsp3) is 0.733. The first kappa shape index (κ1) is 14.1. The Kier molecular flexibility index (Phi) is 4.61. The first-order valence-electron chi connectivity index (χ1n) is 7.47. The molecule has 2 rings (SSSR count). The van der Waals surface area contributed by atoms with Crippen LogP contribution in [0.1, 0.15) is 50.9 Å². The topological polar surface area (TPSA) is 49.8 Å². The van der Waals surface area contributed by atoms with Crippen LogP contribution in [0.2, 0.25) is 0 Å². The molecule has 4 heteroatoms. The minimum atomic E-state index is 0.562. The molecule has 0 spiro atoms. The summed E-state index contributed by atoms with van der Waals surface area (Å²) < 4.78 is 0. The zero-order valence-electron chi connectivity index (χ0n) is 12.6. The zero-order chi connectivity index (χ0) is 13.8. The molecule has 4 nitrogen and oxygen atoms in total. The van der Waals surface area contributed by atoms with Gasteiger partial charge in [0.2, 0.25) is 0 Å². The number of aromatic nitrogens is 2. The van der Waals surface area contributed by atoms with Crippen molar-refractivity contribution in [3.63, 3.8) is 0 Å². The molecule has 0 amide bonds. The van der Waals surface area contributed by atoms with Crippen LogP contribution < -0.4 is 10.6 Å². The molecule has 1 fully saturated rings. The van der Waals surface area contributed by atoms with Gasteiger partial charge in [-0.25, -0.2) is 9.97 Å². The molecule has 1 aliphatic carbocycles. The SMILES string of the molecule is CCCNc1nc(C)nc(NC2CCCC2C)c1C. The molecule has 1 heterocycles. The number of anilines is 2. The van der Waals surface area contributed by atoms with Crippen LogP contribution in [0.5, 0.6) is 0 Å². The fourth-order valence-corrected chi connectivity index (χ4v) is 2.72. The molecule has 2 atom stereocenters. The van der Waals surface area contributed by atoms with E-state index in [1.165, 1.54) is 19.3 Å². The summed E-state index contributed by atoms with van der Waals surface area (Å²) in [5.41, 5.74) is 1.14. The molecule has 1 aliphatic rings. The smallest absolute Gasteiger partial charge is 0.134 e. The number of rotatable bonds is 5. The summed E-state index contributed by atoms with van der Waals surface area (Å²) in [4.78, 5) is 9.08. The normalized spacial score (nSPS) is 22.5. The molecule has 1 aromatic heterocycles. The van der Waals surface area contributed by atoms with Crippen molar-refractivity contribution in [3.8, 4) is 0 Å². The lowest BCUT2D eigenvalue weighted by atomic mass is 10.1. The summed E-state index contributed by atoms with van der Waals surface area (Å²) in [6.07, 6.45) is 5.00. The predicted molar refractivity (Wildman–Crippen MR) is 80.7 cm³/mol. The standard InChI is InChI=1S/C15H26N4/c1-5-9-16-14-11(3)15(18-12(4)17-14)19-13-8-6-7-10(13)2/h10,13H,5-9H2,1-4H3,(H2,16,17,18,19). The van der Waals surface area contributed by atoms with Crippen molar-refractivity contribution in [1.29, 1.82) is 0 Å². The minimum Gasteiger partial charge on any atom is -0.370 e. The van der Waals surface area contributed by atoms with Gasteiger partial charge in [0, 0.05) is 18.2 Å². The van der Waals surface area contributed by atoms with Crippen molar-refractivity contribution in [2.24, 2.45) is 5.92 Å². The quantitative estimate of drug-likeness (QED) is 0.852. The van der Waals surface area contributed by atoms with E-state index < -0.39 is 0 Å². The monoisotopic (exact) mass is 262 g/mol. The maximum atomic E-state index is 4.58. The Hall–Kier alpha value is -1.32. The van der Waals surface area contributed by atoms with Crippen LogP contribution in [0.15, 0.2) is 0 Å². The molecule has 0 saturated heterocycles. The van der Waals surface area contributed by atoms with Crippen LogP contribution in [-0.4, -0.2) is 22.6 Å². The number of hydrogen-bond acceptors (Lipinski definition) is 4. The van der Waals surface area contributed by atoms with Gasteiger partial charge in [-0.15, -0.1) is 0 Å². The lowest BCUT2D eigenvalue weighted by molar-refractivity contribution is 0.554. The van der Waals surface area contributed by atoms with Crippen molar-refractivity contribution in [3.05, 3.63) is 11.4 Å². The van der Waals surface area contributed by atoms with E-state index >= 15 is 0 Å². The van der Waals surface area contributed by atoms with Gasteiger partial charge in [0.15, 0.2) is 0 Å². The Morgan fingerprint density at radius 2 is 1.89 bits per heavy atom. The molecule has 0 aliphatic heterocycles. The molecule has 0 radical (unpaired) electrons. The Labute approximate surface area is 116 Å². The van der Waals surface area contributed by atoms with Crippen LogP contribution in [0.3, 0.4) is 0 Å². The first-order chi connectivity index (χ1) is 9.11. The Bertz CT molecular complexity index is 430. The van der Waals surface area contributed by atoms with E-state index in [1.807, 2.05) is 6.92 Å². The van der Waals surface area contributed by atoms with Gasteiger partial charge in [-0.3, -0.25) is 0 Å². The largest absolute Gasteiger partial charge is 0.370 e. The van der Waals surface area contributed by atoms with Gasteiger partial charge in [-0.1, -0.05) is 20.3 Å². The molecule has 1 aromatic rings. The highest BCUT2D eigenvalue weighted by Crippen LogP contribution is 2.29. The van der Waals surface area contributed by atoms with Crippen molar-refractivity contribution >= 4 is 11.6 Å². The molecular formula is C15H26N4. The van der Waals surface area contributed by atoms with Crippen LogP contribution in [0.25, 0.3) is 0 Å². The number of nitrogens with zero attached hydrogens (tertiary/aromatic N) is 2. The molecule has 2 unspecified atom stereocenters. The number of aryl methyl sites for hydroxylation is 1. The molecular weight excluding hydrogens is 236 g/mol. The third-order valence-corrected chi connectivity index (χ3v) is 3.98. The minimum absolute atomic E-state index is 0.562. The Balaban J connectivity index is 2.17. The zero-order valence-corrected chi connectivity index (χ0v) is 12.6. The van der Waals surface area contributed by atoms with E-state index in [9.17, 15) is 0 Å². The van der Waals surface area contributed by atoms with E-state index in [4.69, 9.17) is 0 Å². The van der Waals surface area contributed by atoms with E-state index in [0.717, 1.165) is 41.9 Å². The first-order valence-corrected chi connectivity index (χ1v) is 7.47. The third kappa shape index (κ3) is 3.37. The highest BCUT2D eigenvalue weighted by Gasteiger charge is 2.24. The van der Waals surface area contributed by atoms with Crippen molar-refractivity contribution in [1.82, 2.24) is 9.97 Å². The van der Waals surface area contributed by atoms with Gasteiger partial charge in [0.25, 0.3) is 0 Å². The highest BCUT2D eigenvalue weighted by molar-refractivity contribution is 5.57. The number of hydrogen-bond donors (Lipinski definition) is 2. The van der Waals surface area contributed by atoms with E-state index in [0.29, 0.717) is 6.04 Å². The molecule has 2 N–H and O–H groups in total. The van der Waals surface area contributed by atoms with Gasteiger partial charge < -0.3 is 10.6 Å². The third-order valence-electron chi connectivity index (χ3n) is 3.98. The average molecular weight is 262 g/mol. The van der Waals surface area contributed by atoms with Crippen molar-refractivity contribution in [2.45, 2.75) is 59.4 Å². The summed E-state index contributed by atoms with van der Waals surface area (Å²) in [7, 11) is 0. The lowest BCUT2D eigenvalue weighted by Crippen LogP contribution is -2.23. The number of nitrogens with one attached hydrogen (secondary N) is 2.